The minimum Gasteiger partial charge on any atom is -0.228 e. The van der Waals surface area contributed by atoms with Crippen molar-refractivity contribution in [3.05, 3.63) is 96.6 Å². The summed E-state index contributed by atoms with van der Waals surface area (Å²) in [5.41, 5.74) is 6.59. The number of rotatable bonds is 5. The summed E-state index contributed by atoms with van der Waals surface area (Å²) in [5, 5.41) is 0. The first kappa shape index (κ1) is 17.2. The van der Waals surface area contributed by atoms with Gasteiger partial charge in [0.25, 0.3) is 0 Å². The smallest absolute Gasteiger partial charge is 0.160 e. The minimum atomic E-state index is 0.771. The van der Waals surface area contributed by atoms with E-state index in [4.69, 9.17) is 9.97 Å². The molecule has 0 unspecified atom stereocenters. The van der Waals surface area contributed by atoms with Crippen molar-refractivity contribution in [3.63, 3.8) is 0 Å². The van der Waals surface area contributed by atoms with E-state index in [1.54, 1.807) is 0 Å². The molecule has 0 saturated heterocycles. The van der Waals surface area contributed by atoms with Gasteiger partial charge in [-0.1, -0.05) is 104 Å². The molecule has 2 heteroatoms. The van der Waals surface area contributed by atoms with E-state index in [9.17, 15) is 0 Å². The second-order valence-corrected chi connectivity index (χ2v) is 6.57. The van der Waals surface area contributed by atoms with E-state index in [-0.39, 0.29) is 0 Å². The van der Waals surface area contributed by atoms with E-state index < -0.39 is 0 Å². The van der Waals surface area contributed by atoms with Crippen molar-refractivity contribution in [2.45, 2.75) is 19.8 Å². The molecule has 0 saturated carbocycles. The maximum absolute atomic E-state index is 5.01. The summed E-state index contributed by atoms with van der Waals surface area (Å²) in [5.74, 6) is 0.771. The Balaban J connectivity index is 2.01. The lowest BCUT2D eigenvalue weighted by atomic mass is 9.96. The van der Waals surface area contributed by atoms with Crippen LogP contribution >= 0.6 is 0 Å². The van der Waals surface area contributed by atoms with Crippen molar-refractivity contribution in [1.29, 1.82) is 0 Å². The molecule has 132 valence electrons. The number of benzene rings is 3. The van der Waals surface area contributed by atoms with Gasteiger partial charge in [-0.3, -0.25) is 0 Å². The Morgan fingerprint density at radius 3 is 1.37 bits per heavy atom. The van der Waals surface area contributed by atoms with Crippen LogP contribution in [0, 0.1) is 0 Å². The standard InChI is InChI=1S/C25H22N2/c1-2-12-22-23(19-13-6-3-7-14-19)26-25(21-17-10-5-11-18-21)27-24(22)20-15-8-4-9-16-20/h3-11,13-18H,2,12H2,1H3. The highest BCUT2D eigenvalue weighted by molar-refractivity contribution is 5.76. The molecule has 0 N–H and O–H groups in total. The summed E-state index contributed by atoms with van der Waals surface area (Å²) in [4.78, 5) is 10.0. The first-order valence-corrected chi connectivity index (χ1v) is 9.44. The van der Waals surface area contributed by atoms with Crippen LogP contribution < -0.4 is 0 Å². The normalized spacial score (nSPS) is 10.7. The largest absolute Gasteiger partial charge is 0.228 e. The summed E-state index contributed by atoms with van der Waals surface area (Å²) in [6.07, 6.45) is 2.00. The lowest BCUT2D eigenvalue weighted by Gasteiger charge is -2.16. The lowest BCUT2D eigenvalue weighted by Crippen LogP contribution is -2.03. The van der Waals surface area contributed by atoms with Crippen LogP contribution in [0.5, 0.6) is 0 Å². The summed E-state index contributed by atoms with van der Waals surface area (Å²) in [6.45, 7) is 2.20. The Kier molecular flexibility index (Phi) is 5.06. The van der Waals surface area contributed by atoms with Crippen LogP contribution in [0.2, 0.25) is 0 Å². The maximum atomic E-state index is 5.01. The van der Waals surface area contributed by atoms with Gasteiger partial charge in [0.2, 0.25) is 0 Å². The lowest BCUT2D eigenvalue weighted by molar-refractivity contribution is 0.908. The van der Waals surface area contributed by atoms with Crippen LogP contribution in [-0.4, -0.2) is 9.97 Å². The van der Waals surface area contributed by atoms with Gasteiger partial charge in [0.05, 0.1) is 11.4 Å². The second kappa shape index (κ2) is 7.96. The highest BCUT2D eigenvalue weighted by Gasteiger charge is 2.17. The third-order valence-corrected chi connectivity index (χ3v) is 4.63. The van der Waals surface area contributed by atoms with Gasteiger partial charge in [-0.2, -0.15) is 0 Å². The van der Waals surface area contributed by atoms with E-state index >= 15 is 0 Å². The molecular formula is C25H22N2. The fourth-order valence-electron chi connectivity index (χ4n) is 3.36. The molecule has 0 aliphatic rings. The molecule has 1 heterocycles. The molecule has 3 aromatic carbocycles. The third-order valence-electron chi connectivity index (χ3n) is 4.63. The van der Waals surface area contributed by atoms with Crippen LogP contribution in [0.15, 0.2) is 91.0 Å². The Morgan fingerprint density at radius 1 is 0.556 bits per heavy atom. The number of nitrogens with zero attached hydrogens (tertiary/aromatic N) is 2. The van der Waals surface area contributed by atoms with E-state index in [1.807, 2.05) is 30.3 Å². The molecule has 0 aliphatic carbocycles. The molecule has 27 heavy (non-hydrogen) atoms. The SMILES string of the molecule is CCCc1c(-c2ccccc2)nc(-c2ccccc2)nc1-c1ccccc1. The average molecular weight is 350 g/mol. The van der Waals surface area contributed by atoms with E-state index in [2.05, 4.69) is 67.6 Å². The van der Waals surface area contributed by atoms with Crippen LogP contribution in [-0.2, 0) is 6.42 Å². The zero-order chi connectivity index (χ0) is 18.5. The third kappa shape index (κ3) is 3.65. The summed E-state index contributed by atoms with van der Waals surface area (Å²) in [7, 11) is 0. The van der Waals surface area contributed by atoms with Gasteiger partial charge >= 0.3 is 0 Å². The quantitative estimate of drug-likeness (QED) is 0.414. The topological polar surface area (TPSA) is 25.8 Å². The molecule has 0 bridgehead atoms. The molecule has 0 amide bonds. The van der Waals surface area contributed by atoms with Crippen LogP contribution in [0.4, 0.5) is 0 Å². The molecule has 0 radical (unpaired) electrons. The highest BCUT2D eigenvalue weighted by Crippen LogP contribution is 2.33. The van der Waals surface area contributed by atoms with Crippen molar-refractivity contribution in [1.82, 2.24) is 9.97 Å². The first-order chi connectivity index (χ1) is 13.4. The van der Waals surface area contributed by atoms with Crippen LogP contribution in [0.25, 0.3) is 33.9 Å². The van der Waals surface area contributed by atoms with Crippen molar-refractivity contribution >= 4 is 0 Å². The van der Waals surface area contributed by atoms with Crippen LogP contribution in [0.1, 0.15) is 18.9 Å². The monoisotopic (exact) mass is 350 g/mol. The number of hydrogen-bond donors (Lipinski definition) is 0. The Morgan fingerprint density at radius 2 is 0.963 bits per heavy atom. The molecule has 4 rings (SSSR count). The average Bonchev–Trinajstić information content (AvgIpc) is 2.76. The fraction of sp³-hybridized carbons (Fsp3) is 0.120. The molecule has 0 fully saturated rings. The number of aromatic nitrogens is 2. The predicted octanol–water partition coefficient (Wildman–Crippen LogP) is 6.43. The van der Waals surface area contributed by atoms with Crippen molar-refractivity contribution in [3.8, 4) is 33.9 Å². The van der Waals surface area contributed by atoms with E-state index in [1.165, 1.54) is 5.56 Å². The molecule has 1 aromatic heterocycles. The molecule has 0 atom stereocenters. The van der Waals surface area contributed by atoms with Gasteiger partial charge in [0.15, 0.2) is 5.82 Å². The summed E-state index contributed by atoms with van der Waals surface area (Å²) < 4.78 is 0. The number of hydrogen-bond acceptors (Lipinski definition) is 2. The zero-order valence-electron chi connectivity index (χ0n) is 15.5. The molecular weight excluding hydrogens is 328 g/mol. The van der Waals surface area contributed by atoms with E-state index in [0.29, 0.717) is 0 Å². The van der Waals surface area contributed by atoms with Gasteiger partial charge in [-0.05, 0) is 6.42 Å². The van der Waals surface area contributed by atoms with Crippen molar-refractivity contribution in [2.24, 2.45) is 0 Å². The van der Waals surface area contributed by atoms with Gasteiger partial charge in [-0.15, -0.1) is 0 Å². The molecule has 4 aromatic rings. The van der Waals surface area contributed by atoms with Gasteiger partial charge in [0, 0.05) is 22.3 Å². The maximum Gasteiger partial charge on any atom is 0.160 e. The zero-order valence-corrected chi connectivity index (χ0v) is 15.5. The highest BCUT2D eigenvalue weighted by atomic mass is 14.9. The van der Waals surface area contributed by atoms with E-state index in [0.717, 1.165) is 46.7 Å². The van der Waals surface area contributed by atoms with Gasteiger partial charge in [-0.25, -0.2) is 9.97 Å². The summed E-state index contributed by atoms with van der Waals surface area (Å²) >= 11 is 0. The Labute approximate surface area is 160 Å². The minimum absolute atomic E-state index is 0.771. The molecule has 0 aliphatic heterocycles. The Hall–Kier alpha value is -3.26. The van der Waals surface area contributed by atoms with Gasteiger partial charge < -0.3 is 0 Å². The first-order valence-electron chi connectivity index (χ1n) is 9.44. The van der Waals surface area contributed by atoms with Crippen LogP contribution in [0.3, 0.4) is 0 Å². The Bertz CT molecular complexity index is 949. The predicted molar refractivity (Wildman–Crippen MR) is 112 cm³/mol. The summed E-state index contributed by atoms with van der Waals surface area (Å²) in [6, 6.07) is 31.1. The van der Waals surface area contributed by atoms with Crippen molar-refractivity contribution in [2.75, 3.05) is 0 Å². The second-order valence-electron chi connectivity index (χ2n) is 6.57. The van der Waals surface area contributed by atoms with Gasteiger partial charge in [0.1, 0.15) is 0 Å². The fourth-order valence-corrected chi connectivity index (χ4v) is 3.36. The molecule has 0 spiro atoms. The molecule has 2 nitrogen and oxygen atoms in total. The van der Waals surface area contributed by atoms with Crippen molar-refractivity contribution < 1.29 is 0 Å².